The third-order valence-corrected chi connectivity index (χ3v) is 10.6. The van der Waals surface area contributed by atoms with Crippen LogP contribution in [0.1, 0.15) is 91.9 Å². The van der Waals surface area contributed by atoms with Gasteiger partial charge in [0.2, 0.25) is 10.0 Å². The Morgan fingerprint density at radius 3 is 2.65 bits per heavy atom. The van der Waals surface area contributed by atoms with Gasteiger partial charge in [-0.1, -0.05) is 64.4 Å². The van der Waals surface area contributed by atoms with Crippen molar-refractivity contribution in [1.29, 1.82) is 0 Å². The van der Waals surface area contributed by atoms with E-state index in [0.717, 1.165) is 32.1 Å². The average Bonchev–Trinajstić information content (AvgIpc) is 2.87. The fraction of sp³-hybridized carbons (Fsp3) is 0.467. The molecule has 0 aliphatic heterocycles. The lowest BCUT2D eigenvalue weighted by molar-refractivity contribution is -0.00436. The third-order valence-electron chi connectivity index (χ3n) is 9.18. The Hall–Kier alpha value is -2.86. The van der Waals surface area contributed by atoms with Gasteiger partial charge in [0.1, 0.15) is 0 Å². The number of allylic oxidation sites excluding steroid dienone is 1. The Morgan fingerprint density at radius 2 is 1.92 bits per heavy atom. The Labute approximate surface area is 219 Å². The molecule has 6 nitrogen and oxygen atoms in total. The Bertz CT molecular complexity index is 1470. The number of nitrogens with one attached hydrogen (secondary N) is 1. The minimum absolute atomic E-state index is 0.0165. The second kappa shape index (κ2) is 9.16. The number of carbonyl (C=O) groups is 1. The van der Waals surface area contributed by atoms with Crippen LogP contribution in [0.25, 0.3) is 11.6 Å². The molecule has 5 rings (SSSR count). The van der Waals surface area contributed by atoms with Crippen LogP contribution in [0.2, 0.25) is 0 Å². The van der Waals surface area contributed by atoms with E-state index >= 15 is 0 Å². The summed E-state index contributed by atoms with van der Waals surface area (Å²) >= 11 is 0. The molecule has 0 radical (unpaired) electrons. The van der Waals surface area contributed by atoms with Crippen LogP contribution in [0.4, 0.5) is 0 Å². The number of ketones is 1. The van der Waals surface area contributed by atoms with Crippen molar-refractivity contribution in [3.63, 3.8) is 0 Å². The third kappa shape index (κ3) is 4.23. The lowest BCUT2D eigenvalue weighted by Crippen LogP contribution is -2.53. The number of aryl methyl sites for hydroxylation is 1. The summed E-state index contributed by atoms with van der Waals surface area (Å²) in [5.74, 6) is 0.370. The second-order valence-electron chi connectivity index (χ2n) is 11.8. The van der Waals surface area contributed by atoms with E-state index in [-0.39, 0.29) is 27.0 Å². The summed E-state index contributed by atoms with van der Waals surface area (Å²) in [4.78, 5) is 15.7. The maximum absolute atomic E-state index is 13.6. The molecule has 0 bridgehead atoms. The molecule has 3 aliphatic carbocycles. The van der Waals surface area contributed by atoms with Gasteiger partial charge in [-0.25, -0.2) is 13.1 Å². The van der Waals surface area contributed by atoms with Gasteiger partial charge in [-0.15, -0.1) is 0 Å². The first-order valence-electron chi connectivity index (χ1n) is 13.2. The van der Waals surface area contributed by atoms with Crippen LogP contribution in [0.3, 0.4) is 0 Å². The fourth-order valence-electron chi connectivity index (χ4n) is 7.16. The monoisotopic (exact) mass is 517 g/mol. The number of Topliss-reactive ketones (excluding diaryl/α,β-unsaturated/α-hetero) is 1. The van der Waals surface area contributed by atoms with Crippen LogP contribution in [-0.2, 0) is 21.9 Å². The first kappa shape index (κ1) is 25.8. The first-order valence-corrected chi connectivity index (χ1v) is 14.7. The average molecular weight is 518 g/mol. The number of sulfonamides is 1. The number of hydrogen-bond acceptors (Lipinski definition) is 3. The highest BCUT2D eigenvalue weighted by molar-refractivity contribution is 7.89. The highest BCUT2D eigenvalue weighted by atomic mass is 32.2. The van der Waals surface area contributed by atoms with Gasteiger partial charge >= 0.3 is 5.71 Å². The van der Waals surface area contributed by atoms with Crippen molar-refractivity contribution in [2.45, 2.75) is 76.0 Å². The zero-order chi connectivity index (χ0) is 26.6. The number of rotatable bonds is 5. The molecule has 194 valence electrons. The van der Waals surface area contributed by atoms with Crippen LogP contribution in [0, 0.1) is 11.3 Å². The number of hydrogen-bond donors (Lipinski definition) is 1. The summed E-state index contributed by atoms with van der Waals surface area (Å²) in [6, 6.07) is 11.6. The predicted octanol–water partition coefficient (Wildman–Crippen LogP) is 5.68. The van der Waals surface area contributed by atoms with Crippen molar-refractivity contribution in [3.05, 3.63) is 75.8 Å². The minimum atomic E-state index is -3.88. The molecular formula is C30H35N3O3S. The van der Waals surface area contributed by atoms with Crippen molar-refractivity contribution in [2.75, 3.05) is 6.54 Å². The first-order chi connectivity index (χ1) is 17.5. The highest BCUT2D eigenvalue weighted by Gasteiger charge is 2.52. The van der Waals surface area contributed by atoms with E-state index in [1.54, 1.807) is 12.1 Å². The lowest BCUT2D eigenvalue weighted by atomic mass is 9.50. The molecule has 3 atom stereocenters. The number of fused-ring (bicyclic) bond motifs is 4. The van der Waals surface area contributed by atoms with Gasteiger partial charge in [-0.3, -0.25) is 4.79 Å². The zero-order valence-corrected chi connectivity index (χ0v) is 22.9. The second-order valence-corrected chi connectivity index (χ2v) is 13.5. The Morgan fingerprint density at radius 1 is 1.14 bits per heavy atom. The SMILES string of the molecule is CC(C)c1ccc2c(c1)CC[C@H]1[C@@](C)(CNS(=O)(=O)c3cccc4c3C=CC(=[N+]=[N-])C4=O)CCC[C@]21C. The van der Waals surface area contributed by atoms with Crippen LogP contribution >= 0.6 is 0 Å². The summed E-state index contributed by atoms with van der Waals surface area (Å²) in [6.45, 7) is 9.42. The molecule has 2 aromatic rings. The maximum Gasteiger partial charge on any atom is 0.362 e. The van der Waals surface area contributed by atoms with E-state index in [1.165, 1.54) is 34.9 Å². The summed E-state index contributed by atoms with van der Waals surface area (Å²) in [6.07, 6.45) is 8.08. The quantitative estimate of drug-likeness (QED) is 0.408. The molecule has 0 unspecified atom stereocenters. The van der Waals surface area contributed by atoms with Gasteiger partial charge in [0.15, 0.2) is 0 Å². The summed E-state index contributed by atoms with van der Waals surface area (Å²) in [5.41, 5.74) is 13.6. The van der Waals surface area contributed by atoms with E-state index in [4.69, 9.17) is 5.53 Å². The van der Waals surface area contributed by atoms with Gasteiger partial charge in [-0.05, 0) is 77.2 Å². The minimum Gasteiger partial charge on any atom is -0.361 e. The summed E-state index contributed by atoms with van der Waals surface area (Å²) in [7, 11) is -3.88. The van der Waals surface area contributed by atoms with Gasteiger partial charge in [0.25, 0.3) is 5.78 Å². The zero-order valence-electron chi connectivity index (χ0n) is 22.0. The van der Waals surface area contributed by atoms with Crippen LogP contribution in [0.15, 0.2) is 47.4 Å². The number of nitrogens with zero attached hydrogens (tertiary/aromatic N) is 2. The van der Waals surface area contributed by atoms with Gasteiger partial charge in [0.05, 0.1) is 4.90 Å². The van der Waals surface area contributed by atoms with E-state index in [2.05, 4.69) is 55.4 Å². The molecule has 0 aromatic heterocycles. The molecule has 7 heteroatoms. The van der Waals surface area contributed by atoms with E-state index in [1.807, 2.05) is 0 Å². The molecule has 0 heterocycles. The van der Waals surface area contributed by atoms with Crippen LogP contribution in [0.5, 0.6) is 0 Å². The molecule has 2 aromatic carbocycles. The van der Waals surface area contributed by atoms with Crippen molar-refractivity contribution < 1.29 is 18.0 Å². The molecular weight excluding hydrogens is 482 g/mol. The van der Waals surface area contributed by atoms with Gasteiger partial charge in [0, 0.05) is 23.7 Å². The van der Waals surface area contributed by atoms with E-state index in [0.29, 0.717) is 23.9 Å². The predicted molar refractivity (Wildman–Crippen MR) is 145 cm³/mol. The van der Waals surface area contributed by atoms with Crippen LogP contribution < -0.4 is 4.72 Å². The van der Waals surface area contributed by atoms with Crippen molar-refractivity contribution in [2.24, 2.45) is 11.3 Å². The molecule has 1 N–H and O–H groups in total. The van der Waals surface area contributed by atoms with Crippen LogP contribution in [-0.4, -0.2) is 31.2 Å². The van der Waals surface area contributed by atoms with Crippen molar-refractivity contribution >= 4 is 27.6 Å². The fourth-order valence-corrected chi connectivity index (χ4v) is 8.56. The largest absolute Gasteiger partial charge is 0.362 e. The molecule has 1 saturated carbocycles. The molecule has 3 aliphatic rings. The number of benzene rings is 2. The number of carbonyl (C=O) groups excluding carboxylic acids is 1. The topological polar surface area (TPSA) is 99.6 Å². The normalized spacial score (nSPS) is 26.9. The maximum atomic E-state index is 13.6. The molecule has 0 spiro atoms. The smallest absolute Gasteiger partial charge is 0.361 e. The van der Waals surface area contributed by atoms with Crippen molar-refractivity contribution in [3.8, 4) is 0 Å². The molecule has 0 amide bonds. The lowest BCUT2D eigenvalue weighted by Gasteiger charge is -2.55. The molecule has 1 fully saturated rings. The van der Waals surface area contributed by atoms with Gasteiger partial charge in [-0.2, -0.15) is 4.79 Å². The van der Waals surface area contributed by atoms with Crippen molar-refractivity contribution in [1.82, 2.24) is 4.72 Å². The standard InChI is InChI=1S/C30H35N3O3S/c1-19(2)20-9-12-24-21(17-20)10-14-27-29(3,15-6-16-30(24,27)4)18-32-37(35,36)26-8-5-7-23-22(26)11-13-25(33-31)28(23)34/h5,7-9,11-13,17,19,27,32H,6,10,14-16,18H2,1-4H3/t27-,29+,30+/m0/s1. The Kier molecular flexibility index (Phi) is 6.38. The molecule has 0 saturated heterocycles. The summed E-state index contributed by atoms with van der Waals surface area (Å²) < 4.78 is 30.0. The molecule has 37 heavy (non-hydrogen) atoms. The van der Waals surface area contributed by atoms with Gasteiger partial charge < -0.3 is 5.53 Å². The highest BCUT2D eigenvalue weighted by Crippen LogP contribution is 2.57. The summed E-state index contributed by atoms with van der Waals surface area (Å²) in [5, 5.41) is 0. The van der Waals surface area contributed by atoms with E-state index < -0.39 is 15.8 Å². The van der Waals surface area contributed by atoms with E-state index in [9.17, 15) is 13.2 Å². The Balaban J connectivity index is 1.43.